The van der Waals surface area contributed by atoms with Gasteiger partial charge in [0.15, 0.2) is 0 Å². The molecule has 0 spiro atoms. The number of likely N-dealkylation sites (tertiary alicyclic amines) is 1. The third kappa shape index (κ3) is 5.39. The zero-order valence-corrected chi connectivity index (χ0v) is 11.6. The Balaban J connectivity index is 2.43. The molecule has 1 amide bonds. The van der Waals surface area contributed by atoms with Crippen LogP contribution >= 0.6 is 0 Å². The quantitative estimate of drug-likeness (QED) is 0.807. The van der Waals surface area contributed by atoms with Gasteiger partial charge in [-0.25, -0.2) is 4.79 Å². The monoisotopic (exact) mass is 242 g/mol. The van der Waals surface area contributed by atoms with Crippen molar-refractivity contribution >= 4 is 6.09 Å². The predicted octanol–water partition coefficient (Wildman–Crippen LogP) is 2.24. The van der Waals surface area contributed by atoms with Crippen LogP contribution in [0.2, 0.25) is 0 Å². The third-order valence-corrected chi connectivity index (χ3v) is 2.99. The van der Waals surface area contributed by atoms with Crippen molar-refractivity contribution in [2.24, 2.45) is 5.92 Å². The van der Waals surface area contributed by atoms with E-state index in [1.807, 2.05) is 32.7 Å². The summed E-state index contributed by atoms with van der Waals surface area (Å²) in [5.74, 6) is 0.687. The fraction of sp³-hybridized carbons (Fsp3) is 0.923. The summed E-state index contributed by atoms with van der Waals surface area (Å²) in [4.78, 5) is 13.8. The molecule has 1 N–H and O–H groups in total. The molecule has 1 fully saturated rings. The highest BCUT2D eigenvalue weighted by Gasteiger charge is 2.24. The molecule has 1 aliphatic rings. The highest BCUT2D eigenvalue weighted by atomic mass is 16.6. The minimum atomic E-state index is -0.395. The van der Waals surface area contributed by atoms with E-state index in [2.05, 4.69) is 5.32 Å². The van der Waals surface area contributed by atoms with E-state index in [4.69, 9.17) is 4.74 Å². The lowest BCUT2D eigenvalue weighted by atomic mass is 10.0. The fourth-order valence-corrected chi connectivity index (χ4v) is 2.17. The van der Waals surface area contributed by atoms with Crippen molar-refractivity contribution in [1.29, 1.82) is 0 Å². The third-order valence-electron chi connectivity index (χ3n) is 2.99. The van der Waals surface area contributed by atoms with Gasteiger partial charge in [-0.1, -0.05) is 0 Å². The van der Waals surface area contributed by atoms with Crippen molar-refractivity contribution < 1.29 is 9.53 Å². The first kappa shape index (κ1) is 14.3. The van der Waals surface area contributed by atoms with Crippen molar-refractivity contribution in [2.45, 2.75) is 45.6 Å². The van der Waals surface area contributed by atoms with Crippen molar-refractivity contribution in [1.82, 2.24) is 10.2 Å². The standard InChI is InChI=1S/C13H26N2O2/c1-13(2,3)17-12(16)15-8-5-6-11(7-9-15)10-14-4/h11,14H,5-10H2,1-4H3. The molecule has 0 aliphatic carbocycles. The second-order valence-corrected chi connectivity index (χ2v) is 5.82. The zero-order valence-electron chi connectivity index (χ0n) is 11.6. The molecule has 4 nitrogen and oxygen atoms in total. The number of rotatable bonds is 2. The van der Waals surface area contributed by atoms with Crippen LogP contribution in [0.25, 0.3) is 0 Å². The maximum atomic E-state index is 11.9. The normalized spacial score (nSPS) is 22.1. The summed E-state index contributed by atoms with van der Waals surface area (Å²) in [5.41, 5.74) is -0.395. The number of ether oxygens (including phenoxy) is 1. The fourth-order valence-electron chi connectivity index (χ4n) is 2.17. The highest BCUT2D eigenvalue weighted by molar-refractivity contribution is 5.68. The maximum Gasteiger partial charge on any atom is 0.410 e. The Morgan fingerprint density at radius 3 is 2.65 bits per heavy atom. The van der Waals surface area contributed by atoms with Crippen molar-refractivity contribution in [3.05, 3.63) is 0 Å². The van der Waals surface area contributed by atoms with Crippen LogP contribution in [0.5, 0.6) is 0 Å². The van der Waals surface area contributed by atoms with E-state index in [1.54, 1.807) is 0 Å². The molecule has 1 unspecified atom stereocenters. The number of hydrogen-bond acceptors (Lipinski definition) is 3. The molecule has 1 rings (SSSR count). The molecule has 100 valence electrons. The van der Waals surface area contributed by atoms with Gasteiger partial charge in [0, 0.05) is 13.1 Å². The SMILES string of the molecule is CNCC1CCCN(C(=O)OC(C)(C)C)CC1. The van der Waals surface area contributed by atoms with E-state index in [-0.39, 0.29) is 6.09 Å². The largest absolute Gasteiger partial charge is 0.444 e. The van der Waals surface area contributed by atoms with E-state index in [1.165, 1.54) is 6.42 Å². The number of nitrogens with zero attached hydrogens (tertiary/aromatic N) is 1. The summed E-state index contributed by atoms with van der Waals surface area (Å²) in [6.07, 6.45) is 3.17. The second-order valence-electron chi connectivity index (χ2n) is 5.82. The molecule has 0 aromatic rings. The highest BCUT2D eigenvalue weighted by Crippen LogP contribution is 2.18. The Bertz CT molecular complexity index is 248. The van der Waals surface area contributed by atoms with E-state index in [0.29, 0.717) is 5.92 Å². The Morgan fingerprint density at radius 2 is 2.06 bits per heavy atom. The summed E-state index contributed by atoms with van der Waals surface area (Å²) in [6.45, 7) is 8.42. The first-order chi connectivity index (χ1) is 7.92. The Kier molecular flexibility index (Phi) is 5.25. The van der Waals surface area contributed by atoms with Crippen LogP contribution in [0.4, 0.5) is 4.79 Å². The summed E-state index contributed by atoms with van der Waals surface area (Å²) in [7, 11) is 1.98. The van der Waals surface area contributed by atoms with Crippen molar-refractivity contribution in [3.63, 3.8) is 0 Å². The lowest BCUT2D eigenvalue weighted by Gasteiger charge is -2.26. The molecule has 1 saturated heterocycles. The van der Waals surface area contributed by atoms with Crippen LogP contribution in [-0.2, 0) is 4.74 Å². The average Bonchev–Trinajstić information content (AvgIpc) is 2.41. The van der Waals surface area contributed by atoms with Crippen molar-refractivity contribution in [2.75, 3.05) is 26.7 Å². The van der Waals surface area contributed by atoms with E-state index in [0.717, 1.165) is 32.5 Å². The smallest absolute Gasteiger partial charge is 0.410 e. The lowest BCUT2D eigenvalue weighted by molar-refractivity contribution is 0.0255. The molecule has 0 aromatic carbocycles. The molecule has 0 radical (unpaired) electrons. The van der Waals surface area contributed by atoms with Gasteiger partial charge in [-0.05, 0) is 59.5 Å². The second kappa shape index (κ2) is 6.24. The number of nitrogens with one attached hydrogen (secondary N) is 1. The zero-order chi connectivity index (χ0) is 12.9. The Labute approximate surface area is 105 Å². The minimum Gasteiger partial charge on any atom is -0.444 e. The van der Waals surface area contributed by atoms with Gasteiger partial charge in [0.1, 0.15) is 5.60 Å². The number of amides is 1. The molecule has 0 saturated carbocycles. The van der Waals surface area contributed by atoms with E-state index in [9.17, 15) is 4.79 Å². The summed E-state index contributed by atoms with van der Waals surface area (Å²) in [5, 5.41) is 3.21. The van der Waals surface area contributed by atoms with Crippen LogP contribution in [0.3, 0.4) is 0 Å². The van der Waals surface area contributed by atoms with Crippen LogP contribution in [0.1, 0.15) is 40.0 Å². The molecule has 1 aliphatic heterocycles. The molecule has 0 bridgehead atoms. The van der Waals surface area contributed by atoms with Crippen LogP contribution in [0, 0.1) is 5.92 Å². The number of hydrogen-bond donors (Lipinski definition) is 1. The predicted molar refractivity (Wildman–Crippen MR) is 69.1 cm³/mol. The molecular formula is C13H26N2O2. The summed E-state index contributed by atoms with van der Waals surface area (Å²) < 4.78 is 5.40. The van der Waals surface area contributed by atoms with Gasteiger partial charge in [0.05, 0.1) is 0 Å². The van der Waals surface area contributed by atoms with Gasteiger partial charge in [0.25, 0.3) is 0 Å². The van der Waals surface area contributed by atoms with Gasteiger partial charge < -0.3 is 15.0 Å². The van der Waals surface area contributed by atoms with Gasteiger partial charge >= 0.3 is 6.09 Å². The summed E-state index contributed by atoms with van der Waals surface area (Å²) in [6, 6.07) is 0. The van der Waals surface area contributed by atoms with Gasteiger partial charge in [-0.15, -0.1) is 0 Å². The Morgan fingerprint density at radius 1 is 1.35 bits per heavy atom. The molecule has 4 heteroatoms. The maximum absolute atomic E-state index is 11.9. The Hall–Kier alpha value is -0.770. The average molecular weight is 242 g/mol. The molecule has 1 atom stereocenters. The molecule has 17 heavy (non-hydrogen) atoms. The van der Waals surface area contributed by atoms with Gasteiger partial charge in [-0.2, -0.15) is 0 Å². The van der Waals surface area contributed by atoms with Crippen molar-refractivity contribution in [3.8, 4) is 0 Å². The van der Waals surface area contributed by atoms with E-state index < -0.39 is 5.60 Å². The number of carbonyl (C=O) groups excluding carboxylic acids is 1. The summed E-state index contributed by atoms with van der Waals surface area (Å²) >= 11 is 0. The van der Waals surface area contributed by atoms with Crippen LogP contribution in [-0.4, -0.2) is 43.3 Å². The van der Waals surface area contributed by atoms with Gasteiger partial charge in [0.2, 0.25) is 0 Å². The first-order valence-electron chi connectivity index (χ1n) is 6.55. The van der Waals surface area contributed by atoms with Crippen LogP contribution in [0.15, 0.2) is 0 Å². The number of carbonyl (C=O) groups is 1. The lowest BCUT2D eigenvalue weighted by Crippen LogP contribution is -2.37. The van der Waals surface area contributed by atoms with E-state index >= 15 is 0 Å². The molecular weight excluding hydrogens is 216 g/mol. The molecule has 0 aromatic heterocycles. The topological polar surface area (TPSA) is 41.6 Å². The molecule has 1 heterocycles. The minimum absolute atomic E-state index is 0.164. The first-order valence-corrected chi connectivity index (χ1v) is 6.55. The van der Waals surface area contributed by atoms with Crippen LogP contribution < -0.4 is 5.32 Å². The van der Waals surface area contributed by atoms with Gasteiger partial charge in [-0.3, -0.25) is 0 Å².